The average molecular weight is 287 g/mol. The van der Waals surface area contributed by atoms with Crippen LogP contribution in [-0.2, 0) is 0 Å². The summed E-state index contributed by atoms with van der Waals surface area (Å²) in [6.45, 7) is 5.48. The van der Waals surface area contributed by atoms with Crippen LogP contribution in [0.3, 0.4) is 0 Å². The minimum Gasteiger partial charge on any atom is -0.478 e. The van der Waals surface area contributed by atoms with Gasteiger partial charge in [0.05, 0.1) is 21.6 Å². The molecule has 0 amide bonds. The molecule has 20 heavy (non-hydrogen) atoms. The van der Waals surface area contributed by atoms with E-state index in [0.717, 1.165) is 10.2 Å². The highest BCUT2D eigenvalue weighted by Gasteiger charge is 2.20. The average Bonchev–Trinajstić information content (AvgIpc) is 2.89. The van der Waals surface area contributed by atoms with E-state index >= 15 is 0 Å². The number of benzene rings is 1. The number of aromatic nitrogens is 3. The summed E-state index contributed by atoms with van der Waals surface area (Å²) in [5.41, 5.74) is 3.43. The van der Waals surface area contributed by atoms with Crippen molar-refractivity contribution < 1.29 is 9.90 Å². The molecule has 0 unspecified atom stereocenters. The zero-order valence-electron chi connectivity index (χ0n) is 11.3. The van der Waals surface area contributed by atoms with Crippen LogP contribution in [0, 0.1) is 20.8 Å². The maximum atomic E-state index is 11.2. The van der Waals surface area contributed by atoms with E-state index in [1.54, 1.807) is 18.5 Å². The predicted molar refractivity (Wildman–Crippen MR) is 77.9 cm³/mol. The van der Waals surface area contributed by atoms with Gasteiger partial charge in [-0.15, -0.1) is 0 Å². The van der Waals surface area contributed by atoms with Gasteiger partial charge in [-0.3, -0.25) is 0 Å². The molecular formula is C14H13N3O2S. The van der Waals surface area contributed by atoms with Crippen molar-refractivity contribution in [1.29, 1.82) is 0 Å². The summed E-state index contributed by atoms with van der Waals surface area (Å²) in [7, 11) is 0. The third kappa shape index (κ3) is 1.89. The Morgan fingerprint density at radius 1 is 1.30 bits per heavy atom. The van der Waals surface area contributed by atoms with E-state index in [1.807, 2.05) is 19.1 Å². The van der Waals surface area contributed by atoms with Crippen molar-refractivity contribution in [1.82, 2.24) is 14.8 Å². The Hall–Kier alpha value is -2.21. The molecule has 5 nitrogen and oxygen atoms in total. The monoisotopic (exact) mass is 287 g/mol. The quantitative estimate of drug-likeness (QED) is 0.786. The van der Waals surface area contributed by atoms with Gasteiger partial charge in [0.1, 0.15) is 5.56 Å². The lowest BCUT2D eigenvalue weighted by Gasteiger charge is -1.98. The van der Waals surface area contributed by atoms with Crippen molar-refractivity contribution in [2.24, 2.45) is 0 Å². The van der Waals surface area contributed by atoms with E-state index < -0.39 is 5.97 Å². The van der Waals surface area contributed by atoms with Crippen LogP contribution >= 0.6 is 11.3 Å². The number of nitrogens with zero attached hydrogens (tertiary/aromatic N) is 3. The maximum Gasteiger partial charge on any atom is 0.339 e. The third-order valence-electron chi connectivity index (χ3n) is 3.22. The van der Waals surface area contributed by atoms with Crippen LogP contribution in [0.4, 0.5) is 0 Å². The van der Waals surface area contributed by atoms with Crippen molar-refractivity contribution in [3.8, 4) is 5.13 Å². The first-order valence-corrected chi connectivity index (χ1v) is 6.96. The molecule has 3 rings (SSSR count). The molecule has 0 aliphatic carbocycles. The first-order chi connectivity index (χ1) is 9.47. The van der Waals surface area contributed by atoms with Crippen LogP contribution in [0.5, 0.6) is 0 Å². The summed E-state index contributed by atoms with van der Waals surface area (Å²) in [6, 6.07) is 6.05. The molecule has 0 atom stereocenters. The van der Waals surface area contributed by atoms with Crippen molar-refractivity contribution >= 4 is 27.5 Å². The summed E-state index contributed by atoms with van der Waals surface area (Å²) in [6.07, 6.45) is 0. The second kappa shape index (κ2) is 4.42. The highest BCUT2D eigenvalue weighted by Crippen LogP contribution is 2.27. The molecule has 1 N–H and O–H groups in total. The Morgan fingerprint density at radius 2 is 2.05 bits per heavy atom. The van der Waals surface area contributed by atoms with Gasteiger partial charge in [0, 0.05) is 0 Å². The molecule has 102 valence electrons. The zero-order chi connectivity index (χ0) is 14.4. The van der Waals surface area contributed by atoms with Gasteiger partial charge in [-0.05, 0) is 38.5 Å². The van der Waals surface area contributed by atoms with Crippen LogP contribution in [0.1, 0.15) is 27.3 Å². The molecule has 0 saturated carbocycles. The SMILES string of the molecule is Cc1ccc2nc(-n3nc(C)c(C(=O)O)c3C)sc2c1. The molecule has 3 aromatic rings. The van der Waals surface area contributed by atoms with Gasteiger partial charge >= 0.3 is 5.97 Å². The Morgan fingerprint density at radius 3 is 2.70 bits per heavy atom. The number of aromatic carboxylic acids is 1. The minimum absolute atomic E-state index is 0.250. The van der Waals surface area contributed by atoms with Crippen LogP contribution in [-0.4, -0.2) is 25.8 Å². The summed E-state index contributed by atoms with van der Waals surface area (Å²) >= 11 is 1.51. The first kappa shape index (κ1) is 12.8. The predicted octanol–water partition coefficient (Wildman–Crippen LogP) is 3.11. The second-order valence-electron chi connectivity index (χ2n) is 4.73. The Labute approximate surface area is 119 Å². The number of rotatable bonds is 2. The highest BCUT2D eigenvalue weighted by atomic mass is 32.1. The summed E-state index contributed by atoms with van der Waals surface area (Å²) in [5, 5.41) is 14.2. The topological polar surface area (TPSA) is 68.0 Å². The van der Waals surface area contributed by atoms with Gasteiger partial charge in [-0.2, -0.15) is 5.10 Å². The first-order valence-electron chi connectivity index (χ1n) is 6.14. The summed E-state index contributed by atoms with van der Waals surface area (Å²) in [4.78, 5) is 15.8. The van der Waals surface area contributed by atoms with Crippen LogP contribution < -0.4 is 0 Å². The molecule has 0 aliphatic heterocycles. The Kier molecular flexibility index (Phi) is 2.83. The largest absolute Gasteiger partial charge is 0.478 e. The fraction of sp³-hybridized carbons (Fsp3) is 0.214. The fourth-order valence-corrected chi connectivity index (χ4v) is 3.32. The van der Waals surface area contributed by atoms with Crippen molar-refractivity contribution in [3.05, 3.63) is 40.7 Å². The molecule has 0 radical (unpaired) electrons. The fourth-order valence-electron chi connectivity index (χ4n) is 2.25. The summed E-state index contributed by atoms with van der Waals surface area (Å²) < 4.78 is 2.68. The number of hydrogen-bond acceptors (Lipinski definition) is 4. The second-order valence-corrected chi connectivity index (χ2v) is 5.74. The van der Waals surface area contributed by atoms with Gasteiger partial charge < -0.3 is 5.11 Å². The number of hydrogen-bond donors (Lipinski definition) is 1. The number of fused-ring (bicyclic) bond motifs is 1. The molecular weight excluding hydrogens is 274 g/mol. The highest BCUT2D eigenvalue weighted by molar-refractivity contribution is 7.20. The molecule has 0 spiro atoms. The third-order valence-corrected chi connectivity index (χ3v) is 4.21. The van der Waals surface area contributed by atoms with Gasteiger partial charge in [-0.1, -0.05) is 17.4 Å². The number of thiazole rings is 1. The van der Waals surface area contributed by atoms with E-state index in [2.05, 4.69) is 16.1 Å². The number of carbonyl (C=O) groups is 1. The van der Waals surface area contributed by atoms with Crippen LogP contribution in [0.2, 0.25) is 0 Å². The Bertz CT molecular complexity index is 832. The van der Waals surface area contributed by atoms with E-state index in [0.29, 0.717) is 16.5 Å². The lowest BCUT2D eigenvalue weighted by Crippen LogP contribution is -2.02. The van der Waals surface area contributed by atoms with Gasteiger partial charge in [0.15, 0.2) is 0 Å². The van der Waals surface area contributed by atoms with Gasteiger partial charge in [-0.25, -0.2) is 14.5 Å². The normalized spacial score (nSPS) is 11.2. The zero-order valence-corrected chi connectivity index (χ0v) is 12.2. The number of carboxylic acid groups (broad SMARTS) is 1. The molecule has 1 aromatic carbocycles. The van der Waals surface area contributed by atoms with E-state index in [4.69, 9.17) is 0 Å². The van der Waals surface area contributed by atoms with Gasteiger partial charge in [0.2, 0.25) is 5.13 Å². The summed E-state index contributed by atoms with van der Waals surface area (Å²) in [5.74, 6) is -0.955. The standard InChI is InChI=1S/C14H13N3O2S/c1-7-4-5-10-11(6-7)20-14(15-10)17-9(3)12(13(18)19)8(2)16-17/h4-6H,1-3H3,(H,18,19). The molecule has 2 aromatic heterocycles. The maximum absolute atomic E-state index is 11.2. The minimum atomic E-state index is -0.955. The smallest absolute Gasteiger partial charge is 0.339 e. The molecule has 6 heteroatoms. The van der Waals surface area contributed by atoms with Crippen molar-refractivity contribution in [2.75, 3.05) is 0 Å². The Balaban J connectivity index is 2.21. The number of aryl methyl sites for hydroxylation is 2. The molecule has 0 aliphatic rings. The molecule has 0 fully saturated rings. The van der Waals surface area contributed by atoms with E-state index in [1.165, 1.54) is 16.9 Å². The van der Waals surface area contributed by atoms with Crippen LogP contribution in [0.15, 0.2) is 18.2 Å². The van der Waals surface area contributed by atoms with E-state index in [-0.39, 0.29) is 5.56 Å². The van der Waals surface area contributed by atoms with Crippen molar-refractivity contribution in [2.45, 2.75) is 20.8 Å². The van der Waals surface area contributed by atoms with Gasteiger partial charge in [0.25, 0.3) is 0 Å². The molecule has 0 saturated heterocycles. The lowest BCUT2D eigenvalue weighted by atomic mass is 10.2. The molecule has 2 heterocycles. The van der Waals surface area contributed by atoms with Crippen molar-refractivity contribution in [3.63, 3.8) is 0 Å². The number of carboxylic acids is 1. The lowest BCUT2D eigenvalue weighted by molar-refractivity contribution is 0.0695. The molecule has 0 bridgehead atoms. The van der Waals surface area contributed by atoms with E-state index in [9.17, 15) is 9.90 Å². The van der Waals surface area contributed by atoms with Crippen LogP contribution in [0.25, 0.3) is 15.3 Å².